The maximum Gasteiger partial charge on any atom is 0.123 e. The van der Waals surface area contributed by atoms with Crippen LogP contribution in [0.4, 0.5) is 4.39 Å². The van der Waals surface area contributed by atoms with Crippen LogP contribution in [0, 0.1) is 5.82 Å². The zero-order valence-electron chi connectivity index (χ0n) is 10.0. The molecule has 0 aliphatic heterocycles. The van der Waals surface area contributed by atoms with Crippen molar-refractivity contribution in [3.63, 3.8) is 0 Å². The Kier molecular flexibility index (Phi) is 3.47. The molecule has 0 N–H and O–H groups in total. The molecule has 0 saturated heterocycles. The molecule has 0 saturated carbocycles. The Hall–Kier alpha value is -1.77. The van der Waals surface area contributed by atoms with Crippen LogP contribution in [-0.2, 0) is 6.42 Å². The third kappa shape index (κ3) is 3.09. The lowest BCUT2D eigenvalue weighted by atomic mass is 10.1. The third-order valence-corrected chi connectivity index (χ3v) is 2.57. The van der Waals surface area contributed by atoms with Crippen molar-refractivity contribution in [2.45, 2.75) is 26.2 Å². The van der Waals surface area contributed by atoms with Gasteiger partial charge in [-0.25, -0.2) is 4.39 Å². The van der Waals surface area contributed by atoms with E-state index in [1.54, 1.807) is 18.5 Å². The highest BCUT2D eigenvalue weighted by Gasteiger charge is 2.04. The summed E-state index contributed by atoms with van der Waals surface area (Å²) in [7, 11) is 0. The van der Waals surface area contributed by atoms with Crippen molar-refractivity contribution in [3.05, 3.63) is 59.4 Å². The summed E-state index contributed by atoms with van der Waals surface area (Å²) >= 11 is 0. The summed E-state index contributed by atoms with van der Waals surface area (Å²) in [6.45, 7) is 4.16. The van der Waals surface area contributed by atoms with Crippen LogP contribution in [0.5, 0.6) is 0 Å². The first-order valence-electron chi connectivity index (χ1n) is 5.70. The average molecular weight is 230 g/mol. The van der Waals surface area contributed by atoms with Crippen molar-refractivity contribution in [1.82, 2.24) is 9.97 Å². The fourth-order valence-electron chi connectivity index (χ4n) is 1.64. The van der Waals surface area contributed by atoms with E-state index in [9.17, 15) is 4.39 Å². The molecule has 0 spiro atoms. The topological polar surface area (TPSA) is 25.8 Å². The summed E-state index contributed by atoms with van der Waals surface area (Å²) in [4.78, 5) is 8.68. The molecule has 17 heavy (non-hydrogen) atoms. The van der Waals surface area contributed by atoms with Crippen molar-refractivity contribution in [1.29, 1.82) is 0 Å². The molecule has 2 rings (SSSR count). The fraction of sp³-hybridized carbons (Fsp3) is 0.286. The number of nitrogens with zero attached hydrogens (tertiary/aromatic N) is 2. The van der Waals surface area contributed by atoms with Gasteiger partial charge >= 0.3 is 0 Å². The van der Waals surface area contributed by atoms with E-state index in [0.29, 0.717) is 12.3 Å². The highest BCUT2D eigenvalue weighted by atomic mass is 19.1. The molecule has 1 aromatic heterocycles. The van der Waals surface area contributed by atoms with Gasteiger partial charge in [0.15, 0.2) is 0 Å². The van der Waals surface area contributed by atoms with Crippen molar-refractivity contribution in [2.24, 2.45) is 0 Å². The van der Waals surface area contributed by atoms with E-state index in [2.05, 4.69) is 23.8 Å². The maximum absolute atomic E-state index is 13.0. The SMILES string of the molecule is CC(C)c1cncc(Cc2cccc(F)c2)n1. The van der Waals surface area contributed by atoms with Gasteiger partial charge < -0.3 is 0 Å². The van der Waals surface area contributed by atoms with E-state index < -0.39 is 0 Å². The first-order chi connectivity index (χ1) is 8.15. The van der Waals surface area contributed by atoms with Crippen LogP contribution in [0.2, 0.25) is 0 Å². The zero-order valence-corrected chi connectivity index (χ0v) is 10.0. The van der Waals surface area contributed by atoms with E-state index in [1.807, 2.05) is 6.07 Å². The van der Waals surface area contributed by atoms with Crippen LogP contribution in [0.25, 0.3) is 0 Å². The Morgan fingerprint density at radius 2 is 2.06 bits per heavy atom. The Labute approximate surface area is 101 Å². The van der Waals surface area contributed by atoms with Crippen molar-refractivity contribution in [3.8, 4) is 0 Å². The van der Waals surface area contributed by atoms with Crippen LogP contribution in [0.15, 0.2) is 36.7 Å². The summed E-state index contributed by atoms with van der Waals surface area (Å²) in [6.07, 6.45) is 4.13. The molecule has 0 aliphatic carbocycles. The average Bonchev–Trinajstić information content (AvgIpc) is 2.29. The van der Waals surface area contributed by atoms with Gasteiger partial charge in [0.1, 0.15) is 5.82 Å². The van der Waals surface area contributed by atoms with E-state index in [1.165, 1.54) is 12.1 Å². The van der Waals surface area contributed by atoms with Crippen LogP contribution in [-0.4, -0.2) is 9.97 Å². The molecule has 1 heterocycles. The first kappa shape index (κ1) is 11.7. The molecule has 3 heteroatoms. The standard InChI is InChI=1S/C14H15FN2/c1-10(2)14-9-16-8-13(17-14)7-11-4-3-5-12(15)6-11/h3-6,8-10H,7H2,1-2H3. The number of benzene rings is 1. The molecular weight excluding hydrogens is 215 g/mol. The molecule has 0 bridgehead atoms. The Balaban J connectivity index is 2.21. The van der Waals surface area contributed by atoms with Gasteiger partial charge in [-0.3, -0.25) is 9.97 Å². The first-order valence-corrected chi connectivity index (χ1v) is 5.70. The minimum Gasteiger partial charge on any atom is -0.261 e. The summed E-state index contributed by atoms with van der Waals surface area (Å²) in [6, 6.07) is 6.58. The summed E-state index contributed by atoms with van der Waals surface area (Å²) < 4.78 is 13.0. The Morgan fingerprint density at radius 3 is 2.76 bits per heavy atom. The van der Waals surface area contributed by atoms with E-state index in [4.69, 9.17) is 0 Å². The van der Waals surface area contributed by atoms with E-state index in [0.717, 1.165) is 17.0 Å². The zero-order chi connectivity index (χ0) is 12.3. The lowest BCUT2D eigenvalue weighted by molar-refractivity contribution is 0.626. The van der Waals surface area contributed by atoms with Gasteiger partial charge in [-0.1, -0.05) is 26.0 Å². The van der Waals surface area contributed by atoms with E-state index >= 15 is 0 Å². The van der Waals surface area contributed by atoms with Gasteiger partial charge in [-0.05, 0) is 23.6 Å². The summed E-state index contributed by atoms with van der Waals surface area (Å²) in [5.74, 6) is 0.144. The molecule has 0 amide bonds. The number of halogens is 1. The predicted molar refractivity (Wildman–Crippen MR) is 65.3 cm³/mol. The highest BCUT2D eigenvalue weighted by Crippen LogP contribution is 2.13. The van der Waals surface area contributed by atoms with Gasteiger partial charge in [-0.15, -0.1) is 0 Å². The van der Waals surface area contributed by atoms with Crippen molar-refractivity contribution >= 4 is 0 Å². The Bertz CT molecular complexity index is 509. The second-order valence-electron chi connectivity index (χ2n) is 4.40. The number of aromatic nitrogens is 2. The third-order valence-electron chi connectivity index (χ3n) is 2.57. The second kappa shape index (κ2) is 5.04. The van der Waals surface area contributed by atoms with Crippen molar-refractivity contribution < 1.29 is 4.39 Å². The monoisotopic (exact) mass is 230 g/mol. The molecule has 1 aromatic carbocycles. The van der Waals surface area contributed by atoms with Gasteiger partial charge in [-0.2, -0.15) is 0 Å². The van der Waals surface area contributed by atoms with E-state index in [-0.39, 0.29) is 5.82 Å². The quantitative estimate of drug-likeness (QED) is 0.808. The highest BCUT2D eigenvalue weighted by molar-refractivity contribution is 5.22. The van der Waals surface area contributed by atoms with Gasteiger partial charge in [0.2, 0.25) is 0 Å². The molecule has 0 unspecified atom stereocenters. The fourth-order valence-corrected chi connectivity index (χ4v) is 1.64. The van der Waals surface area contributed by atoms with Crippen LogP contribution in [0.1, 0.15) is 36.7 Å². The molecule has 2 aromatic rings. The molecule has 0 radical (unpaired) electrons. The minimum atomic E-state index is -0.213. The second-order valence-corrected chi connectivity index (χ2v) is 4.40. The molecule has 2 nitrogen and oxygen atoms in total. The van der Waals surface area contributed by atoms with Crippen LogP contribution < -0.4 is 0 Å². The van der Waals surface area contributed by atoms with Gasteiger partial charge in [0, 0.05) is 18.8 Å². The Morgan fingerprint density at radius 1 is 1.24 bits per heavy atom. The number of hydrogen-bond acceptors (Lipinski definition) is 2. The summed E-state index contributed by atoms with van der Waals surface area (Å²) in [5.41, 5.74) is 2.76. The minimum absolute atomic E-state index is 0.213. The largest absolute Gasteiger partial charge is 0.261 e. The molecule has 88 valence electrons. The van der Waals surface area contributed by atoms with Crippen LogP contribution >= 0.6 is 0 Å². The van der Waals surface area contributed by atoms with Gasteiger partial charge in [0.25, 0.3) is 0 Å². The smallest absolute Gasteiger partial charge is 0.123 e. The molecular formula is C14H15FN2. The molecule has 0 fully saturated rings. The normalized spacial score (nSPS) is 10.8. The number of rotatable bonds is 3. The van der Waals surface area contributed by atoms with Crippen LogP contribution in [0.3, 0.4) is 0 Å². The summed E-state index contributed by atoms with van der Waals surface area (Å²) in [5, 5.41) is 0. The van der Waals surface area contributed by atoms with Crippen molar-refractivity contribution in [2.75, 3.05) is 0 Å². The maximum atomic E-state index is 13.0. The predicted octanol–water partition coefficient (Wildman–Crippen LogP) is 3.33. The molecule has 0 atom stereocenters. The van der Waals surface area contributed by atoms with Gasteiger partial charge in [0.05, 0.1) is 11.4 Å². The lowest BCUT2D eigenvalue weighted by Crippen LogP contribution is -2.00. The molecule has 0 aliphatic rings. The lowest BCUT2D eigenvalue weighted by Gasteiger charge is -2.06. The number of hydrogen-bond donors (Lipinski definition) is 0.